The maximum Gasteiger partial charge on any atom is 0.335 e. The fraction of sp³-hybridized carbons (Fsp3) is 0.148. The van der Waals surface area contributed by atoms with Crippen molar-refractivity contribution < 1.29 is 23.8 Å². The van der Waals surface area contributed by atoms with Crippen LogP contribution in [0, 0.1) is 4.91 Å². The number of para-hydroxylation sites is 1. The molecule has 9 nitrogen and oxygen atoms in total. The molecule has 0 aliphatic carbocycles. The van der Waals surface area contributed by atoms with Crippen LogP contribution in [0.15, 0.2) is 83.4 Å². The van der Waals surface area contributed by atoms with Gasteiger partial charge in [-0.25, -0.2) is 4.98 Å². The lowest BCUT2D eigenvalue weighted by Crippen LogP contribution is -2.30. The summed E-state index contributed by atoms with van der Waals surface area (Å²) in [7, 11) is 3.02. The summed E-state index contributed by atoms with van der Waals surface area (Å²) in [4.78, 5) is 41.6. The molecule has 4 aromatic rings. The molecule has 1 aromatic heterocycles. The van der Waals surface area contributed by atoms with Crippen molar-refractivity contribution >= 4 is 23.2 Å². The minimum Gasteiger partial charge on any atom is -0.497 e. The van der Waals surface area contributed by atoms with Crippen molar-refractivity contribution in [2.75, 3.05) is 14.2 Å². The Hall–Kier alpha value is -4.57. The largest absolute Gasteiger partial charge is 0.497 e. The van der Waals surface area contributed by atoms with Crippen molar-refractivity contribution in [2.24, 2.45) is 5.18 Å². The second-order valence-corrected chi connectivity index (χ2v) is 8.79. The molecule has 0 spiro atoms. The number of nitroso groups, excluding NO2 is 1. The molecule has 2 amide bonds. The van der Waals surface area contributed by atoms with Crippen LogP contribution in [-0.2, 0) is 13.1 Å². The monoisotopic (exact) mass is 517 g/mol. The highest BCUT2D eigenvalue weighted by atomic mass is 32.1. The summed E-state index contributed by atoms with van der Waals surface area (Å²) in [6, 6.07) is 21.8. The maximum atomic E-state index is 13.6. The number of hydrogen-bond acceptors (Lipinski definition) is 8. The van der Waals surface area contributed by atoms with Crippen LogP contribution in [0.25, 0.3) is 0 Å². The Morgan fingerprint density at radius 2 is 1.51 bits per heavy atom. The average Bonchev–Trinajstić information content (AvgIpc) is 3.41. The van der Waals surface area contributed by atoms with E-state index in [0.717, 1.165) is 11.3 Å². The molecule has 3 aromatic carbocycles. The molecule has 4 rings (SSSR count). The fourth-order valence-electron chi connectivity index (χ4n) is 3.51. The smallest absolute Gasteiger partial charge is 0.335 e. The van der Waals surface area contributed by atoms with Crippen LogP contribution in [-0.4, -0.2) is 35.9 Å². The Labute approximate surface area is 217 Å². The van der Waals surface area contributed by atoms with E-state index in [1.54, 1.807) is 23.1 Å². The SMILES string of the molecule is COc1cc(OC)cc(C(=O)N(Cc2ccc(Oc3ccccc3)cc2)Cc2nc(C(=O)N=O)cs2)c1. The van der Waals surface area contributed by atoms with Crippen molar-refractivity contribution in [3.05, 3.63) is 105 Å². The third-order valence-corrected chi connectivity index (χ3v) is 6.17. The number of carbonyl (C=O) groups is 2. The van der Waals surface area contributed by atoms with Gasteiger partial charge in [0.2, 0.25) is 0 Å². The van der Waals surface area contributed by atoms with Crippen molar-refractivity contribution in [1.29, 1.82) is 0 Å². The van der Waals surface area contributed by atoms with Gasteiger partial charge in [-0.3, -0.25) is 9.59 Å². The van der Waals surface area contributed by atoms with E-state index in [9.17, 15) is 14.5 Å². The van der Waals surface area contributed by atoms with Crippen molar-refractivity contribution in [1.82, 2.24) is 9.88 Å². The van der Waals surface area contributed by atoms with E-state index in [1.165, 1.54) is 30.9 Å². The minimum atomic E-state index is -0.952. The Kier molecular flexibility index (Phi) is 8.22. The molecule has 0 bridgehead atoms. The zero-order valence-electron chi connectivity index (χ0n) is 20.1. The molecule has 188 valence electrons. The van der Waals surface area contributed by atoms with Crippen molar-refractivity contribution in [3.8, 4) is 23.0 Å². The summed E-state index contributed by atoms with van der Waals surface area (Å²) >= 11 is 1.17. The first-order chi connectivity index (χ1) is 18.0. The molecule has 0 fully saturated rings. The van der Waals surface area contributed by atoms with Gasteiger partial charge in [-0.2, -0.15) is 0 Å². The van der Waals surface area contributed by atoms with Crippen LogP contribution in [0.1, 0.15) is 31.4 Å². The zero-order valence-corrected chi connectivity index (χ0v) is 20.9. The van der Waals surface area contributed by atoms with Gasteiger partial charge in [0.1, 0.15) is 33.7 Å². The van der Waals surface area contributed by atoms with Gasteiger partial charge in [0.15, 0.2) is 0 Å². The predicted octanol–water partition coefficient (Wildman–Crippen LogP) is 5.70. The summed E-state index contributed by atoms with van der Waals surface area (Å²) in [6.07, 6.45) is 0. The molecule has 0 atom stereocenters. The highest BCUT2D eigenvalue weighted by molar-refractivity contribution is 7.09. The van der Waals surface area contributed by atoms with E-state index in [0.29, 0.717) is 27.8 Å². The molecule has 0 saturated heterocycles. The first kappa shape index (κ1) is 25.5. The Morgan fingerprint density at radius 1 is 0.865 bits per heavy atom. The number of ether oxygens (including phenoxy) is 3. The number of benzene rings is 3. The fourth-order valence-corrected chi connectivity index (χ4v) is 4.30. The first-order valence-electron chi connectivity index (χ1n) is 11.2. The van der Waals surface area contributed by atoms with E-state index in [1.807, 2.05) is 54.6 Å². The van der Waals surface area contributed by atoms with Gasteiger partial charge in [-0.1, -0.05) is 30.3 Å². The van der Waals surface area contributed by atoms with Gasteiger partial charge in [0.25, 0.3) is 5.91 Å². The molecule has 0 N–H and O–H groups in total. The summed E-state index contributed by atoms with van der Waals surface area (Å²) in [5.74, 6) is 1.09. The van der Waals surface area contributed by atoms with Gasteiger partial charge in [0.05, 0.1) is 20.8 Å². The van der Waals surface area contributed by atoms with Crippen LogP contribution in [0.5, 0.6) is 23.0 Å². The average molecular weight is 518 g/mol. The van der Waals surface area contributed by atoms with Gasteiger partial charge in [0, 0.05) is 28.7 Å². The Bertz CT molecular complexity index is 1370. The molecule has 0 unspecified atom stereocenters. The molecule has 37 heavy (non-hydrogen) atoms. The summed E-state index contributed by atoms with van der Waals surface area (Å²) in [5.41, 5.74) is 1.17. The number of nitrogens with zero attached hydrogens (tertiary/aromatic N) is 3. The minimum absolute atomic E-state index is 0.0483. The Balaban J connectivity index is 1.59. The van der Waals surface area contributed by atoms with Gasteiger partial charge in [-0.15, -0.1) is 16.2 Å². The molecule has 1 heterocycles. The number of amides is 2. The third-order valence-electron chi connectivity index (χ3n) is 5.34. The predicted molar refractivity (Wildman–Crippen MR) is 138 cm³/mol. The van der Waals surface area contributed by atoms with E-state index in [2.05, 4.69) is 10.2 Å². The lowest BCUT2D eigenvalue weighted by molar-refractivity contribution is 0.0729. The second kappa shape index (κ2) is 11.9. The lowest BCUT2D eigenvalue weighted by atomic mass is 10.1. The second-order valence-electron chi connectivity index (χ2n) is 7.84. The van der Waals surface area contributed by atoms with Gasteiger partial charge < -0.3 is 19.1 Å². The lowest BCUT2D eigenvalue weighted by Gasteiger charge is -2.23. The van der Waals surface area contributed by atoms with E-state index >= 15 is 0 Å². The Morgan fingerprint density at radius 3 is 2.14 bits per heavy atom. The standard InChI is InChI=1S/C27H23N3O6S/c1-34-22-12-19(13-23(14-22)35-2)27(32)30(16-25-28-24(17-37-25)26(31)29-33)15-18-8-10-21(11-9-18)36-20-6-4-3-5-7-20/h3-14,17H,15-16H2,1-2H3. The highest BCUT2D eigenvalue weighted by Gasteiger charge is 2.21. The van der Waals surface area contributed by atoms with Crippen molar-refractivity contribution in [3.63, 3.8) is 0 Å². The number of thiazole rings is 1. The summed E-state index contributed by atoms with van der Waals surface area (Å²) in [5, 5.41) is 4.35. The highest BCUT2D eigenvalue weighted by Crippen LogP contribution is 2.26. The molecular weight excluding hydrogens is 494 g/mol. The normalized spacial score (nSPS) is 10.4. The van der Waals surface area contributed by atoms with Crippen LogP contribution in [0.3, 0.4) is 0 Å². The number of methoxy groups -OCH3 is 2. The molecule has 0 radical (unpaired) electrons. The third kappa shape index (κ3) is 6.56. The molecule has 0 aliphatic rings. The van der Waals surface area contributed by atoms with E-state index < -0.39 is 5.91 Å². The van der Waals surface area contributed by atoms with Gasteiger partial charge >= 0.3 is 5.91 Å². The summed E-state index contributed by atoms with van der Waals surface area (Å²) < 4.78 is 16.5. The van der Waals surface area contributed by atoms with Crippen LogP contribution >= 0.6 is 11.3 Å². The number of carbonyl (C=O) groups excluding carboxylic acids is 2. The summed E-state index contributed by atoms with van der Waals surface area (Å²) in [6.45, 7) is 0.357. The van der Waals surface area contributed by atoms with Crippen molar-refractivity contribution in [2.45, 2.75) is 13.1 Å². The first-order valence-corrected chi connectivity index (χ1v) is 12.0. The van der Waals surface area contributed by atoms with E-state index in [4.69, 9.17) is 14.2 Å². The quantitative estimate of drug-likeness (QED) is 0.248. The molecule has 10 heteroatoms. The van der Waals surface area contributed by atoms with Crippen LogP contribution in [0.4, 0.5) is 0 Å². The zero-order chi connectivity index (χ0) is 26.2. The van der Waals surface area contributed by atoms with Crippen LogP contribution < -0.4 is 14.2 Å². The van der Waals surface area contributed by atoms with Crippen LogP contribution in [0.2, 0.25) is 0 Å². The number of aromatic nitrogens is 1. The van der Waals surface area contributed by atoms with Gasteiger partial charge in [-0.05, 0) is 42.0 Å². The molecule has 0 aliphatic heterocycles. The maximum absolute atomic E-state index is 13.6. The molecule has 0 saturated carbocycles. The van der Waals surface area contributed by atoms with E-state index in [-0.39, 0.29) is 24.7 Å². The number of hydrogen-bond donors (Lipinski definition) is 0. The topological polar surface area (TPSA) is 107 Å². The number of rotatable bonds is 10. The molecular formula is C27H23N3O6S.